The maximum atomic E-state index is 13.8. The molecule has 402 valence electrons. The Bertz CT molecular complexity index is 1810. The van der Waals surface area contributed by atoms with Crippen molar-refractivity contribution in [1.29, 1.82) is 0 Å². The second-order valence-corrected chi connectivity index (χ2v) is 33.2. The van der Waals surface area contributed by atoms with Gasteiger partial charge in [-0.05, 0) is 128 Å². The van der Waals surface area contributed by atoms with E-state index in [9.17, 15) is 30.0 Å². The highest BCUT2D eigenvalue weighted by Crippen LogP contribution is 2.45. The van der Waals surface area contributed by atoms with Gasteiger partial charge in [0.2, 0.25) is 0 Å². The molecule has 2 aromatic carbocycles. The maximum Gasteiger partial charge on any atom is 0.258 e. The number of amides is 2. The van der Waals surface area contributed by atoms with E-state index in [1.54, 1.807) is 47.9 Å². The molecule has 0 spiro atoms. The average Bonchev–Trinajstić information content (AvgIpc) is 3.23. The number of rotatable bonds is 21. The fourth-order valence-corrected chi connectivity index (χ4v) is 10.2. The summed E-state index contributed by atoms with van der Waals surface area (Å²) < 4.78 is 13.4. The molecule has 0 heterocycles. The predicted molar refractivity (Wildman–Crippen MR) is 301 cm³/mol. The molecule has 6 atom stereocenters. The second-order valence-electron chi connectivity index (χ2n) is 23.7. The number of nitrogens with zero attached hydrogens (tertiary/aromatic N) is 2. The largest absolute Gasteiger partial charge is 0.507 e. The molecular formula is C58H104N2O8Si2. The number of hydrogen-bond donors (Lipinski definition) is 4. The standard InChI is InChI=1S/2C26H45NO4Si.C6H14/c2*1-13-18(6)23(29)24(31-32(11,12)26(8,9)10)20-15-14-19(7)22(28)21(20)25(30)27(16(2)3)17(4)5;1-3-5-6-4-2/h2*13-18,23-24,28-29H,1H2,2-12H3;3-6H2,1-2H3/t2*18-,23-,24+;/m11./s1. The summed E-state index contributed by atoms with van der Waals surface area (Å²) in [7, 11) is -4.67. The Balaban J connectivity index is 0.00000122. The molecule has 10 nitrogen and oxygen atoms in total. The van der Waals surface area contributed by atoms with Crippen LogP contribution in [0.1, 0.15) is 205 Å². The number of carbonyl (C=O) groups excluding carboxylic acids is 2. The summed E-state index contributed by atoms with van der Waals surface area (Å²) in [6, 6.07) is 7.00. The molecule has 2 amide bonds. The summed E-state index contributed by atoms with van der Waals surface area (Å²) in [6.07, 6.45) is 5.55. The number of phenols is 2. The molecule has 0 aliphatic rings. The SMILES string of the molecule is C=C[C@@H](C)[C@@H](O)[C@@H](O[Si](C)(C)C(C)(C)C)c1ccc(C)c(O)c1C(=O)N(C(C)C)C(C)C.C=C[C@@H](C)[C@@H](O)[C@@H](O[Si](C)(C)C(C)(C)C)c1ccc(C)c(O)c1C(=O)N(C(C)C)C(C)C.CCCCCC. The Morgan fingerprint density at radius 3 is 1.03 bits per heavy atom. The van der Waals surface area contributed by atoms with Gasteiger partial charge in [0.15, 0.2) is 16.6 Å². The van der Waals surface area contributed by atoms with Crippen molar-refractivity contribution in [3.8, 4) is 11.5 Å². The van der Waals surface area contributed by atoms with Crippen LogP contribution in [0.4, 0.5) is 0 Å². The van der Waals surface area contributed by atoms with Gasteiger partial charge in [0.1, 0.15) is 11.5 Å². The zero-order valence-corrected chi connectivity index (χ0v) is 50.8. The van der Waals surface area contributed by atoms with Crippen LogP contribution in [0.5, 0.6) is 11.5 Å². The number of hydrogen-bond acceptors (Lipinski definition) is 8. The molecule has 0 unspecified atom stereocenters. The number of aromatic hydroxyl groups is 2. The Morgan fingerprint density at radius 2 is 0.829 bits per heavy atom. The van der Waals surface area contributed by atoms with Crippen LogP contribution in [0.15, 0.2) is 49.6 Å². The third-order valence-corrected chi connectivity index (χ3v) is 23.3. The van der Waals surface area contributed by atoms with Gasteiger partial charge in [0, 0.05) is 36.0 Å². The van der Waals surface area contributed by atoms with Gasteiger partial charge in [0.25, 0.3) is 11.8 Å². The molecule has 12 heteroatoms. The van der Waals surface area contributed by atoms with E-state index in [0.717, 1.165) is 0 Å². The van der Waals surface area contributed by atoms with E-state index in [1.165, 1.54) is 25.7 Å². The van der Waals surface area contributed by atoms with Crippen LogP contribution in [0.2, 0.25) is 36.3 Å². The first-order valence-electron chi connectivity index (χ1n) is 26.1. The summed E-state index contributed by atoms with van der Waals surface area (Å²) in [4.78, 5) is 31.1. The van der Waals surface area contributed by atoms with Crippen molar-refractivity contribution in [2.24, 2.45) is 11.8 Å². The molecule has 0 fully saturated rings. The highest BCUT2D eigenvalue weighted by atomic mass is 28.4. The number of aliphatic hydroxyl groups excluding tert-OH is 2. The third-order valence-electron chi connectivity index (χ3n) is 14.4. The van der Waals surface area contributed by atoms with Gasteiger partial charge >= 0.3 is 0 Å². The molecule has 0 bridgehead atoms. The first kappa shape index (κ1) is 66.7. The number of benzene rings is 2. The quantitative estimate of drug-likeness (QED) is 0.0551. The second kappa shape index (κ2) is 28.3. The van der Waals surface area contributed by atoms with Gasteiger partial charge in [-0.1, -0.05) is 131 Å². The van der Waals surface area contributed by atoms with Crippen LogP contribution >= 0.6 is 0 Å². The Kier molecular flexibility index (Phi) is 26.9. The van der Waals surface area contributed by atoms with E-state index in [-0.39, 0.29) is 80.5 Å². The van der Waals surface area contributed by atoms with Crippen LogP contribution < -0.4 is 0 Å². The van der Waals surface area contributed by atoms with Gasteiger partial charge in [-0.2, -0.15) is 0 Å². The molecule has 0 aromatic heterocycles. The fraction of sp³-hybridized carbons (Fsp3) is 0.690. The first-order valence-corrected chi connectivity index (χ1v) is 32.0. The molecule has 0 aliphatic heterocycles. The van der Waals surface area contributed by atoms with Crippen LogP contribution in [-0.4, -0.2) is 95.1 Å². The van der Waals surface area contributed by atoms with Crippen molar-refractivity contribution >= 4 is 28.4 Å². The smallest absolute Gasteiger partial charge is 0.258 e. The Hall–Kier alpha value is -3.27. The van der Waals surface area contributed by atoms with E-state index in [2.05, 4.69) is 94.7 Å². The summed E-state index contributed by atoms with van der Waals surface area (Å²) in [5.41, 5.74) is 2.70. The number of carbonyl (C=O) groups is 2. The minimum atomic E-state index is -2.33. The van der Waals surface area contributed by atoms with Gasteiger partial charge in [-0.3, -0.25) is 9.59 Å². The zero-order chi connectivity index (χ0) is 55.2. The first-order chi connectivity index (χ1) is 31.9. The predicted octanol–water partition coefficient (Wildman–Crippen LogP) is 15.0. The zero-order valence-electron chi connectivity index (χ0n) is 48.8. The summed E-state index contributed by atoms with van der Waals surface area (Å²) >= 11 is 0. The van der Waals surface area contributed by atoms with Crippen LogP contribution in [0, 0.1) is 25.7 Å². The van der Waals surface area contributed by atoms with Crippen LogP contribution in [0.3, 0.4) is 0 Å². The van der Waals surface area contributed by atoms with Crippen molar-refractivity contribution in [3.05, 3.63) is 83.0 Å². The van der Waals surface area contributed by atoms with Crippen molar-refractivity contribution in [2.75, 3.05) is 0 Å². The Morgan fingerprint density at radius 1 is 0.571 bits per heavy atom. The summed E-state index contributed by atoms with van der Waals surface area (Å²) in [6.45, 7) is 56.4. The lowest BCUT2D eigenvalue weighted by molar-refractivity contribution is 0.00414. The van der Waals surface area contributed by atoms with E-state index in [1.807, 2.05) is 81.4 Å². The minimum Gasteiger partial charge on any atom is -0.507 e. The van der Waals surface area contributed by atoms with E-state index >= 15 is 0 Å². The van der Waals surface area contributed by atoms with Crippen LogP contribution in [-0.2, 0) is 8.85 Å². The monoisotopic (exact) mass is 1010 g/mol. The number of aliphatic hydroxyl groups is 2. The molecule has 2 rings (SSSR count). The van der Waals surface area contributed by atoms with Crippen molar-refractivity contribution in [3.63, 3.8) is 0 Å². The van der Waals surface area contributed by atoms with Crippen molar-refractivity contribution < 1.29 is 38.9 Å². The summed E-state index contributed by atoms with van der Waals surface area (Å²) in [5, 5.41) is 44.5. The molecule has 4 N–H and O–H groups in total. The number of unbranched alkanes of at least 4 members (excludes halogenated alkanes) is 3. The number of aryl methyl sites for hydroxylation is 2. The Labute approximate surface area is 430 Å². The highest BCUT2D eigenvalue weighted by Gasteiger charge is 2.45. The van der Waals surface area contributed by atoms with Crippen LogP contribution in [0.25, 0.3) is 0 Å². The summed E-state index contributed by atoms with van der Waals surface area (Å²) in [5.74, 6) is -1.14. The normalized spacial score (nSPS) is 15.0. The molecule has 2 aromatic rings. The van der Waals surface area contributed by atoms with Crippen molar-refractivity contribution in [1.82, 2.24) is 9.80 Å². The van der Waals surface area contributed by atoms with Crippen molar-refractivity contribution in [2.45, 2.75) is 249 Å². The van der Waals surface area contributed by atoms with Gasteiger partial charge in [-0.25, -0.2) is 0 Å². The lowest BCUT2D eigenvalue weighted by Crippen LogP contribution is -2.46. The van der Waals surface area contributed by atoms with E-state index in [0.29, 0.717) is 22.3 Å². The molecule has 70 heavy (non-hydrogen) atoms. The van der Waals surface area contributed by atoms with Gasteiger partial charge < -0.3 is 39.1 Å². The minimum absolute atomic E-state index is 0.0490. The maximum absolute atomic E-state index is 13.8. The lowest BCUT2D eigenvalue weighted by Gasteiger charge is -2.42. The topological polar surface area (TPSA) is 140 Å². The molecular weight excluding hydrogens is 909 g/mol. The third kappa shape index (κ3) is 17.7. The van der Waals surface area contributed by atoms with Gasteiger partial charge in [0.05, 0.1) is 35.5 Å². The highest BCUT2D eigenvalue weighted by molar-refractivity contribution is 6.74. The lowest BCUT2D eigenvalue weighted by atomic mass is 9.90. The van der Waals surface area contributed by atoms with E-state index < -0.39 is 41.1 Å². The average molecular weight is 1010 g/mol. The van der Waals surface area contributed by atoms with E-state index in [4.69, 9.17) is 8.85 Å². The molecule has 0 saturated heterocycles. The number of phenolic OH excluding ortho intramolecular Hbond substituents is 2. The molecule has 0 radical (unpaired) electrons. The molecule has 0 aliphatic carbocycles. The van der Waals surface area contributed by atoms with Gasteiger partial charge in [-0.15, -0.1) is 13.2 Å². The molecule has 0 saturated carbocycles. The fourth-order valence-electron chi connectivity index (χ4n) is 7.69.